The molecule has 1 N–H and O–H groups in total. The standard InChI is InChI=1S/C16H19N3O2S/c1-3-4-11-19-15(20)10-9-14(18-19)16(21)17-12-5-7-13(22-2)8-6-12/h5-10H,3-4,11H2,1-2H3,(H,17,21). The molecule has 116 valence electrons. The van der Waals surface area contributed by atoms with Gasteiger partial charge in [0.1, 0.15) is 5.69 Å². The fourth-order valence-electron chi connectivity index (χ4n) is 1.91. The van der Waals surface area contributed by atoms with E-state index < -0.39 is 0 Å². The molecule has 0 fully saturated rings. The number of benzene rings is 1. The smallest absolute Gasteiger partial charge is 0.276 e. The van der Waals surface area contributed by atoms with Gasteiger partial charge in [0.05, 0.1) is 0 Å². The monoisotopic (exact) mass is 317 g/mol. The molecule has 1 aromatic carbocycles. The molecule has 0 saturated carbocycles. The summed E-state index contributed by atoms with van der Waals surface area (Å²) < 4.78 is 1.34. The SMILES string of the molecule is CCCCn1nc(C(=O)Nc2ccc(SC)cc2)ccc1=O. The molecule has 2 rings (SSSR count). The molecule has 0 aliphatic carbocycles. The number of rotatable bonds is 6. The van der Waals surface area contributed by atoms with Crippen molar-refractivity contribution in [2.24, 2.45) is 0 Å². The zero-order chi connectivity index (χ0) is 15.9. The number of carbonyl (C=O) groups is 1. The Labute approximate surface area is 133 Å². The molecular weight excluding hydrogens is 298 g/mol. The van der Waals surface area contributed by atoms with Gasteiger partial charge in [0, 0.05) is 23.2 Å². The maximum absolute atomic E-state index is 12.2. The van der Waals surface area contributed by atoms with Gasteiger partial charge < -0.3 is 5.32 Å². The highest BCUT2D eigenvalue weighted by molar-refractivity contribution is 7.98. The fourth-order valence-corrected chi connectivity index (χ4v) is 2.32. The van der Waals surface area contributed by atoms with Gasteiger partial charge in [0.2, 0.25) is 0 Å². The third-order valence-corrected chi connectivity index (χ3v) is 3.91. The molecule has 1 aromatic heterocycles. The molecule has 0 bridgehead atoms. The molecule has 0 aliphatic heterocycles. The first-order chi connectivity index (χ1) is 10.6. The lowest BCUT2D eigenvalue weighted by molar-refractivity contribution is 0.101. The highest BCUT2D eigenvalue weighted by Crippen LogP contribution is 2.17. The number of amides is 1. The Morgan fingerprint density at radius 3 is 2.59 bits per heavy atom. The normalized spacial score (nSPS) is 10.5. The number of hydrogen-bond donors (Lipinski definition) is 1. The zero-order valence-corrected chi connectivity index (χ0v) is 13.5. The molecule has 0 spiro atoms. The zero-order valence-electron chi connectivity index (χ0n) is 12.7. The van der Waals surface area contributed by atoms with Crippen LogP contribution in [0.3, 0.4) is 0 Å². The van der Waals surface area contributed by atoms with E-state index in [0.717, 1.165) is 17.7 Å². The van der Waals surface area contributed by atoms with Crippen molar-refractivity contribution in [3.63, 3.8) is 0 Å². The van der Waals surface area contributed by atoms with Crippen molar-refractivity contribution in [1.29, 1.82) is 0 Å². The van der Waals surface area contributed by atoms with Crippen LogP contribution in [-0.2, 0) is 6.54 Å². The van der Waals surface area contributed by atoms with Gasteiger partial charge in [0.15, 0.2) is 0 Å². The van der Waals surface area contributed by atoms with Crippen molar-refractivity contribution in [3.05, 3.63) is 52.4 Å². The summed E-state index contributed by atoms with van der Waals surface area (Å²) in [6.45, 7) is 2.57. The third kappa shape index (κ3) is 4.21. The molecule has 0 aliphatic rings. The average Bonchev–Trinajstić information content (AvgIpc) is 2.54. The van der Waals surface area contributed by atoms with Gasteiger partial charge in [-0.05, 0) is 43.0 Å². The molecule has 6 heteroatoms. The summed E-state index contributed by atoms with van der Waals surface area (Å²) >= 11 is 1.64. The summed E-state index contributed by atoms with van der Waals surface area (Å²) in [5, 5.41) is 6.91. The predicted octanol–water partition coefficient (Wildman–Crippen LogP) is 3.02. The number of nitrogens with zero attached hydrogens (tertiary/aromatic N) is 2. The van der Waals surface area contributed by atoms with Gasteiger partial charge in [0.25, 0.3) is 11.5 Å². The Bertz CT molecular complexity index is 695. The van der Waals surface area contributed by atoms with Crippen LogP contribution in [0.2, 0.25) is 0 Å². The van der Waals surface area contributed by atoms with Crippen molar-refractivity contribution in [2.45, 2.75) is 31.2 Å². The van der Waals surface area contributed by atoms with Crippen LogP contribution >= 0.6 is 11.8 Å². The Kier molecular flexibility index (Phi) is 5.77. The largest absolute Gasteiger partial charge is 0.321 e. The molecule has 2 aromatic rings. The van der Waals surface area contributed by atoms with E-state index in [1.54, 1.807) is 11.8 Å². The van der Waals surface area contributed by atoms with Crippen molar-refractivity contribution < 1.29 is 4.79 Å². The van der Waals surface area contributed by atoms with Crippen molar-refractivity contribution >= 4 is 23.4 Å². The van der Waals surface area contributed by atoms with Crippen LogP contribution in [0.1, 0.15) is 30.3 Å². The Morgan fingerprint density at radius 2 is 1.95 bits per heavy atom. The van der Waals surface area contributed by atoms with Gasteiger partial charge in [-0.25, -0.2) is 4.68 Å². The molecule has 0 unspecified atom stereocenters. The van der Waals surface area contributed by atoms with E-state index in [4.69, 9.17) is 0 Å². The van der Waals surface area contributed by atoms with Gasteiger partial charge >= 0.3 is 0 Å². The van der Waals surface area contributed by atoms with E-state index in [-0.39, 0.29) is 17.2 Å². The maximum Gasteiger partial charge on any atom is 0.276 e. The average molecular weight is 317 g/mol. The van der Waals surface area contributed by atoms with Crippen LogP contribution in [-0.4, -0.2) is 21.9 Å². The molecule has 0 radical (unpaired) electrons. The topological polar surface area (TPSA) is 64.0 Å². The molecule has 0 atom stereocenters. The van der Waals surface area contributed by atoms with E-state index in [1.807, 2.05) is 37.4 Å². The second-order valence-corrected chi connectivity index (χ2v) is 5.70. The first-order valence-corrected chi connectivity index (χ1v) is 8.40. The lowest BCUT2D eigenvalue weighted by Gasteiger charge is -2.08. The van der Waals surface area contributed by atoms with Gasteiger partial charge in [-0.3, -0.25) is 9.59 Å². The first-order valence-electron chi connectivity index (χ1n) is 7.17. The Hall–Kier alpha value is -2.08. The number of aryl methyl sites for hydroxylation is 1. The van der Waals surface area contributed by atoms with Crippen LogP contribution in [0.15, 0.2) is 46.1 Å². The highest BCUT2D eigenvalue weighted by atomic mass is 32.2. The molecule has 1 heterocycles. The molecule has 22 heavy (non-hydrogen) atoms. The fraction of sp³-hybridized carbons (Fsp3) is 0.312. The van der Waals surface area contributed by atoms with Crippen LogP contribution in [0.25, 0.3) is 0 Å². The summed E-state index contributed by atoms with van der Waals surface area (Å²) in [5.74, 6) is -0.317. The van der Waals surface area contributed by atoms with Crippen LogP contribution < -0.4 is 10.9 Å². The van der Waals surface area contributed by atoms with Crippen molar-refractivity contribution in [1.82, 2.24) is 9.78 Å². The Balaban J connectivity index is 2.12. The lowest BCUT2D eigenvalue weighted by Crippen LogP contribution is -2.26. The number of nitrogens with one attached hydrogen (secondary N) is 1. The van der Waals surface area contributed by atoms with Gasteiger partial charge in [-0.2, -0.15) is 5.10 Å². The van der Waals surface area contributed by atoms with Crippen LogP contribution in [0.5, 0.6) is 0 Å². The summed E-state index contributed by atoms with van der Waals surface area (Å²) in [6.07, 6.45) is 3.82. The third-order valence-electron chi connectivity index (χ3n) is 3.17. The van der Waals surface area contributed by atoms with Gasteiger partial charge in [-0.15, -0.1) is 11.8 Å². The van der Waals surface area contributed by atoms with Crippen LogP contribution in [0, 0.1) is 0 Å². The van der Waals surface area contributed by atoms with Crippen molar-refractivity contribution in [2.75, 3.05) is 11.6 Å². The number of anilines is 1. The predicted molar refractivity (Wildman–Crippen MR) is 89.6 cm³/mol. The van der Waals surface area contributed by atoms with E-state index in [9.17, 15) is 9.59 Å². The number of carbonyl (C=O) groups excluding carboxylic acids is 1. The summed E-state index contributed by atoms with van der Waals surface area (Å²) in [5.41, 5.74) is 0.759. The van der Waals surface area contributed by atoms with Gasteiger partial charge in [-0.1, -0.05) is 13.3 Å². The highest BCUT2D eigenvalue weighted by Gasteiger charge is 2.10. The summed E-state index contributed by atoms with van der Waals surface area (Å²) in [6, 6.07) is 10.4. The van der Waals surface area contributed by atoms with E-state index >= 15 is 0 Å². The lowest BCUT2D eigenvalue weighted by atomic mass is 10.3. The number of unbranched alkanes of at least 4 members (excludes halogenated alkanes) is 1. The minimum Gasteiger partial charge on any atom is -0.321 e. The number of aromatic nitrogens is 2. The van der Waals surface area contributed by atoms with Crippen molar-refractivity contribution in [3.8, 4) is 0 Å². The molecule has 5 nitrogen and oxygen atoms in total. The molecular formula is C16H19N3O2S. The van der Waals surface area contributed by atoms with E-state index in [1.165, 1.54) is 16.8 Å². The van der Waals surface area contributed by atoms with Crippen LogP contribution in [0.4, 0.5) is 5.69 Å². The van der Waals surface area contributed by atoms with E-state index in [0.29, 0.717) is 12.2 Å². The maximum atomic E-state index is 12.2. The summed E-state index contributed by atoms with van der Waals surface area (Å²) in [4.78, 5) is 25.0. The minimum atomic E-state index is -0.317. The van der Waals surface area contributed by atoms with E-state index in [2.05, 4.69) is 10.4 Å². The minimum absolute atomic E-state index is 0.186. The first kappa shape index (κ1) is 16.3. The second-order valence-electron chi connectivity index (χ2n) is 4.82. The molecule has 0 saturated heterocycles. The number of hydrogen-bond acceptors (Lipinski definition) is 4. The second kappa shape index (κ2) is 7.79. The molecule has 1 amide bonds. The quantitative estimate of drug-likeness (QED) is 0.832. The number of thioether (sulfide) groups is 1. The summed E-state index contributed by atoms with van der Waals surface area (Å²) in [7, 11) is 0. The Morgan fingerprint density at radius 1 is 1.23 bits per heavy atom.